The molecule has 2 nitrogen and oxygen atoms in total. The van der Waals surface area contributed by atoms with Gasteiger partial charge in [0.2, 0.25) is 0 Å². The largest absolute Gasteiger partial charge is 0.483 e. The third-order valence-electron chi connectivity index (χ3n) is 2.56. The molecule has 2 rings (SSSR count). The lowest BCUT2D eigenvalue weighted by Crippen LogP contribution is -1.99. The van der Waals surface area contributed by atoms with Gasteiger partial charge in [0.05, 0.1) is 0 Å². The number of rotatable bonds is 0. The van der Waals surface area contributed by atoms with Gasteiger partial charge in [-0.3, -0.25) is 4.79 Å². The Hall–Kier alpha value is -1.31. The predicted molar refractivity (Wildman–Crippen MR) is 67.4 cm³/mol. The van der Waals surface area contributed by atoms with Crippen molar-refractivity contribution in [1.29, 1.82) is 0 Å². The Bertz CT molecular complexity index is 201. The van der Waals surface area contributed by atoms with Crippen molar-refractivity contribution in [2.45, 2.75) is 39.0 Å². The quantitative estimate of drug-likeness (QED) is 0.674. The zero-order valence-corrected chi connectivity index (χ0v) is 10.0. The second-order valence-corrected chi connectivity index (χ2v) is 4.00. The Labute approximate surface area is 98.3 Å². The maximum Gasteiger partial charge on any atom is 0.290 e. The third kappa shape index (κ3) is 10.8. The molecule has 0 saturated heterocycles. The molecule has 1 N–H and O–H groups in total. The highest BCUT2D eigenvalue weighted by atomic mass is 16.3. The van der Waals surface area contributed by atoms with Gasteiger partial charge in [-0.15, -0.1) is 0 Å². The molecular formula is C14H22O2. The standard InChI is InChI=1S/C7H14.C6H6.CH2O2/c1-7-5-3-2-4-6-7;1-2-4-6-5-3-1;2-1-3/h7H,2-6H2,1H3;1-6H;1H,(H,2,3). The summed E-state index contributed by atoms with van der Waals surface area (Å²) in [6.45, 7) is 2.11. The van der Waals surface area contributed by atoms with Crippen molar-refractivity contribution < 1.29 is 9.90 Å². The molecular weight excluding hydrogens is 200 g/mol. The van der Waals surface area contributed by atoms with Crippen LogP contribution in [0.3, 0.4) is 0 Å². The van der Waals surface area contributed by atoms with Gasteiger partial charge in [-0.05, 0) is 5.92 Å². The topological polar surface area (TPSA) is 37.3 Å². The van der Waals surface area contributed by atoms with Crippen LogP contribution in [0.5, 0.6) is 0 Å². The molecule has 1 aliphatic rings. The van der Waals surface area contributed by atoms with Crippen molar-refractivity contribution in [2.24, 2.45) is 5.92 Å². The molecule has 0 atom stereocenters. The van der Waals surface area contributed by atoms with E-state index in [9.17, 15) is 0 Å². The van der Waals surface area contributed by atoms with Gasteiger partial charge in [0.15, 0.2) is 0 Å². The molecule has 1 saturated carbocycles. The normalized spacial score (nSPS) is 14.8. The SMILES string of the molecule is CC1CCCCC1.O=CO.c1ccccc1. The summed E-state index contributed by atoms with van der Waals surface area (Å²) >= 11 is 0. The highest BCUT2D eigenvalue weighted by molar-refractivity contribution is 5.32. The number of benzene rings is 1. The van der Waals surface area contributed by atoms with E-state index in [-0.39, 0.29) is 6.47 Å². The fourth-order valence-electron chi connectivity index (χ4n) is 1.69. The van der Waals surface area contributed by atoms with E-state index in [0.29, 0.717) is 0 Å². The second-order valence-electron chi connectivity index (χ2n) is 4.00. The van der Waals surface area contributed by atoms with Gasteiger partial charge in [0.1, 0.15) is 0 Å². The van der Waals surface area contributed by atoms with Crippen molar-refractivity contribution >= 4 is 6.47 Å². The zero-order chi connectivity index (χ0) is 12.1. The zero-order valence-electron chi connectivity index (χ0n) is 10.0. The van der Waals surface area contributed by atoms with Crippen molar-refractivity contribution in [3.63, 3.8) is 0 Å². The minimum atomic E-state index is -0.250. The monoisotopic (exact) mass is 222 g/mol. The summed E-state index contributed by atoms with van der Waals surface area (Å²) in [4.78, 5) is 8.36. The van der Waals surface area contributed by atoms with Crippen molar-refractivity contribution in [3.05, 3.63) is 36.4 Å². The van der Waals surface area contributed by atoms with E-state index in [2.05, 4.69) is 6.92 Å². The highest BCUT2D eigenvalue weighted by Crippen LogP contribution is 2.22. The fraction of sp³-hybridized carbons (Fsp3) is 0.500. The summed E-state index contributed by atoms with van der Waals surface area (Å²) in [5.41, 5.74) is 0. The molecule has 0 heterocycles. The van der Waals surface area contributed by atoms with E-state index in [4.69, 9.17) is 9.90 Å². The molecule has 1 aromatic carbocycles. The van der Waals surface area contributed by atoms with E-state index >= 15 is 0 Å². The van der Waals surface area contributed by atoms with Crippen LogP contribution >= 0.6 is 0 Å². The lowest BCUT2D eigenvalue weighted by atomic mass is 9.91. The van der Waals surface area contributed by atoms with Crippen LogP contribution in [0, 0.1) is 5.92 Å². The van der Waals surface area contributed by atoms with E-state index in [1.807, 2.05) is 36.4 Å². The van der Waals surface area contributed by atoms with Crippen LogP contribution in [0.2, 0.25) is 0 Å². The minimum absolute atomic E-state index is 0.250. The molecule has 0 unspecified atom stereocenters. The first-order chi connectivity index (χ1) is 7.81. The van der Waals surface area contributed by atoms with Gasteiger partial charge in [-0.2, -0.15) is 0 Å². The van der Waals surface area contributed by atoms with Crippen LogP contribution in [-0.4, -0.2) is 11.6 Å². The summed E-state index contributed by atoms with van der Waals surface area (Å²) in [7, 11) is 0. The first-order valence-electron chi connectivity index (χ1n) is 5.89. The van der Waals surface area contributed by atoms with Crippen LogP contribution in [-0.2, 0) is 4.79 Å². The molecule has 2 heteroatoms. The fourth-order valence-corrected chi connectivity index (χ4v) is 1.69. The van der Waals surface area contributed by atoms with E-state index in [1.54, 1.807) is 0 Å². The van der Waals surface area contributed by atoms with Gasteiger partial charge in [0, 0.05) is 0 Å². The maximum absolute atomic E-state index is 8.36. The maximum atomic E-state index is 8.36. The second kappa shape index (κ2) is 11.8. The third-order valence-corrected chi connectivity index (χ3v) is 2.56. The molecule has 0 aliphatic heterocycles. The molecule has 16 heavy (non-hydrogen) atoms. The van der Waals surface area contributed by atoms with Crippen LogP contribution in [0.4, 0.5) is 0 Å². The smallest absolute Gasteiger partial charge is 0.290 e. The first-order valence-corrected chi connectivity index (χ1v) is 5.89. The summed E-state index contributed by atoms with van der Waals surface area (Å²) in [5.74, 6) is 1.04. The highest BCUT2D eigenvalue weighted by Gasteiger charge is 2.05. The Morgan fingerprint density at radius 1 is 0.938 bits per heavy atom. The van der Waals surface area contributed by atoms with Crippen molar-refractivity contribution in [1.82, 2.24) is 0 Å². The molecule has 1 aliphatic carbocycles. The number of carboxylic acid groups (broad SMARTS) is 1. The van der Waals surface area contributed by atoms with Gasteiger partial charge in [-0.25, -0.2) is 0 Å². The molecule has 1 fully saturated rings. The van der Waals surface area contributed by atoms with Gasteiger partial charge in [0.25, 0.3) is 6.47 Å². The summed E-state index contributed by atoms with van der Waals surface area (Å²) < 4.78 is 0. The molecule has 0 amide bonds. The van der Waals surface area contributed by atoms with E-state index < -0.39 is 0 Å². The number of hydrogen-bond donors (Lipinski definition) is 1. The molecule has 0 radical (unpaired) electrons. The Kier molecular flexibility index (Phi) is 10.8. The van der Waals surface area contributed by atoms with Gasteiger partial charge >= 0.3 is 0 Å². The van der Waals surface area contributed by atoms with Gasteiger partial charge in [-0.1, -0.05) is 75.4 Å². The van der Waals surface area contributed by atoms with E-state index in [0.717, 1.165) is 5.92 Å². The average molecular weight is 222 g/mol. The van der Waals surface area contributed by atoms with E-state index in [1.165, 1.54) is 32.1 Å². The molecule has 0 aromatic heterocycles. The number of carbonyl (C=O) groups is 1. The Morgan fingerprint density at radius 2 is 1.25 bits per heavy atom. The Balaban J connectivity index is 0.000000230. The van der Waals surface area contributed by atoms with Crippen molar-refractivity contribution in [3.8, 4) is 0 Å². The van der Waals surface area contributed by atoms with Crippen LogP contribution in [0.15, 0.2) is 36.4 Å². The van der Waals surface area contributed by atoms with Crippen LogP contribution in [0.25, 0.3) is 0 Å². The lowest BCUT2D eigenvalue weighted by Gasteiger charge is -2.15. The Morgan fingerprint density at radius 3 is 1.44 bits per heavy atom. The summed E-state index contributed by atoms with van der Waals surface area (Å²) in [6.07, 6.45) is 7.44. The van der Waals surface area contributed by atoms with Crippen LogP contribution in [0.1, 0.15) is 39.0 Å². The van der Waals surface area contributed by atoms with Crippen LogP contribution < -0.4 is 0 Å². The van der Waals surface area contributed by atoms with Gasteiger partial charge < -0.3 is 5.11 Å². The summed E-state index contributed by atoms with van der Waals surface area (Å²) in [5, 5.41) is 6.89. The molecule has 0 bridgehead atoms. The predicted octanol–water partition coefficient (Wildman–Crippen LogP) is 3.97. The molecule has 1 aromatic rings. The minimum Gasteiger partial charge on any atom is -0.483 e. The number of hydrogen-bond acceptors (Lipinski definition) is 1. The van der Waals surface area contributed by atoms with Crippen molar-refractivity contribution in [2.75, 3.05) is 0 Å². The molecule has 0 spiro atoms. The summed E-state index contributed by atoms with van der Waals surface area (Å²) in [6, 6.07) is 12.0. The molecule has 90 valence electrons. The first kappa shape index (κ1) is 14.7. The lowest BCUT2D eigenvalue weighted by molar-refractivity contribution is -0.122. The average Bonchev–Trinajstić information content (AvgIpc) is 2.34.